The maximum Gasteiger partial charge on any atom is 0.416 e. The highest BCUT2D eigenvalue weighted by Gasteiger charge is 2.31. The number of alkyl halides is 3. The molecule has 7 heteroatoms. The summed E-state index contributed by atoms with van der Waals surface area (Å²) in [6, 6.07) is 5.56. The molecule has 0 saturated heterocycles. The zero-order chi connectivity index (χ0) is 17.5. The topological polar surface area (TPSA) is 39.9 Å². The van der Waals surface area contributed by atoms with E-state index in [-0.39, 0.29) is 5.52 Å². The quantitative estimate of drug-likeness (QED) is 0.685. The Labute approximate surface area is 140 Å². The van der Waals surface area contributed by atoms with Crippen LogP contribution in [-0.4, -0.2) is 16.9 Å². The average Bonchev–Trinajstić information content (AvgIpc) is 2.91. The molecule has 1 aromatic heterocycles. The Bertz CT molecular complexity index is 942. The number of hydrogen-bond donors (Lipinski definition) is 0. The van der Waals surface area contributed by atoms with E-state index in [2.05, 4.69) is 11.1 Å². The van der Waals surface area contributed by atoms with Crippen molar-refractivity contribution in [2.24, 2.45) is 0 Å². The summed E-state index contributed by atoms with van der Waals surface area (Å²) in [5.41, 5.74) is 1.54. The number of aromatic nitrogens is 1. The van der Waals surface area contributed by atoms with Gasteiger partial charge in [0.25, 0.3) is 0 Å². The molecule has 0 aliphatic carbocycles. The summed E-state index contributed by atoms with van der Waals surface area (Å²) in [4.78, 5) is 6.05. The highest BCUT2D eigenvalue weighted by molar-refractivity contribution is 7.19. The van der Waals surface area contributed by atoms with Crippen LogP contribution in [0.2, 0.25) is 0 Å². The molecule has 0 unspecified atom stereocenters. The highest BCUT2D eigenvalue weighted by Crippen LogP contribution is 2.35. The number of fused-ring (bicyclic) bond motifs is 1. The van der Waals surface area contributed by atoms with Crippen LogP contribution in [0.5, 0.6) is 0 Å². The van der Waals surface area contributed by atoms with Gasteiger partial charge in [0, 0.05) is 13.2 Å². The number of nitrogens with zero attached hydrogens (tertiary/aromatic N) is 3. The molecule has 0 saturated carbocycles. The lowest BCUT2D eigenvalue weighted by Crippen LogP contribution is -2.13. The molecular formula is C17H12F3N3S. The van der Waals surface area contributed by atoms with Crippen molar-refractivity contribution in [3.63, 3.8) is 0 Å². The Balaban J connectivity index is 2.12. The van der Waals surface area contributed by atoms with E-state index in [9.17, 15) is 18.4 Å². The van der Waals surface area contributed by atoms with Gasteiger partial charge < -0.3 is 4.90 Å². The standard InChI is InChI=1S/C17H12F3N3S/c1-10-3-5-14(23(2)9-10)12(8-21)16-22-13-7-11(17(18,19)20)4-6-15(13)24-16/h3-7,9H,1-2H3/b14-12+. The van der Waals surface area contributed by atoms with Gasteiger partial charge >= 0.3 is 6.18 Å². The maximum absolute atomic E-state index is 12.8. The van der Waals surface area contributed by atoms with E-state index in [1.807, 2.05) is 26.2 Å². The zero-order valence-electron chi connectivity index (χ0n) is 12.8. The molecule has 1 aromatic carbocycles. The van der Waals surface area contributed by atoms with Crippen molar-refractivity contribution in [1.82, 2.24) is 9.88 Å². The number of hydrogen-bond acceptors (Lipinski definition) is 4. The minimum atomic E-state index is -4.41. The molecule has 2 aromatic rings. The predicted molar refractivity (Wildman–Crippen MR) is 87.8 cm³/mol. The molecule has 122 valence electrons. The first kappa shape index (κ1) is 16.3. The van der Waals surface area contributed by atoms with Crippen molar-refractivity contribution in [3.8, 4) is 6.07 Å². The van der Waals surface area contributed by atoms with Gasteiger partial charge in [-0.15, -0.1) is 11.3 Å². The lowest BCUT2D eigenvalue weighted by Gasteiger charge is -2.21. The van der Waals surface area contributed by atoms with Gasteiger partial charge in [0.15, 0.2) is 0 Å². The van der Waals surface area contributed by atoms with E-state index < -0.39 is 11.7 Å². The molecule has 2 heterocycles. The maximum atomic E-state index is 12.8. The molecule has 24 heavy (non-hydrogen) atoms. The molecular weight excluding hydrogens is 335 g/mol. The Morgan fingerprint density at radius 1 is 1.29 bits per heavy atom. The number of halogens is 3. The monoisotopic (exact) mass is 347 g/mol. The van der Waals surface area contributed by atoms with Crippen molar-refractivity contribution in [3.05, 3.63) is 58.4 Å². The second kappa shape index (κ2) is 5.80. The molecule has 0 N–H and O–H groups in total. The molecule has 0 radical (unpaired) electrons. The fraction of sp³-hybridized carbons (Fsp3) is 0.176. The lowest BCUT2D eigenvalue weighted by atomic mass is 10.1. The molecule has 0 bridgehead atoms. The number of nitriles is 1. The fourth-order valence-corrected chi connectivity index (χ4v) is 3.38. The number of thiazole rings is 1. The van der Waals surface area contributed by atoms with Crippen molar-refractivity contribution >= 4 is 27.1 Å². The summed E-state index contributed by atoms with van der Waals surface area (Å²) >= 11 is 1.21. The minimum absolute atomic E-state index is 0.243. The molecule has 0 atom stereocenters. The van der Waals surface area contributed by atoms with Crippen molar-refractivity contribution < 1.29 is 13.2 Å². The van der Waals surface area contributed by atoms with E-state index in [1.165, 1.54) is 17.4 Å². The van der Waals surface area contributed by atoms with Crippen molar-refractivity contribution in [1.29, 1.82) is 5.26 Å². The van der Waals surface area contributed by atoms with Crippen molar-refractivity contribution in [2.45, 2.75) is 13.1 Å². The van der Waals surface area contributed by atoms with Crippen molar-refractivity contribution in [2.75, 3.05) is 7.05 Å². The third-order valence-corrected chi connectivity index (χ3v) is 4.63. The van der Waals surface area contributed by atoms with Gasteiger partial charge in [-0.25, -0.2) is 4.98 Å². The summed E-state index contributed by atoms with van der Waals surface area (Å²) in [6.07, 6.45) is 1.15. The van der Waals surface area contributed by atoms with Gasteiger partial charge in [-0.1, -0.05) is 6.08 Å². The van der Waals surface area contributed by atoms with Gasteiger partial charge in [0.2, 0.25) is 0 Å². The molecule has 0 spiro atoms. The van der Waals surface area contributed by atoms with E-state index in [0.717, 1.165) is 17.7 Å². The Hall–Kier alpha value is -2.59. The molecule has 0 fully saturated rings. The average molecular weight is 347 g/mol. The number of benzene rings is 1. The van der Waals surface area contributed by atoms with Gasteiger partial charge in [0.05, 0.1) is 21.5 Å². The van der Waals surface area contributed by atoms with Crippen LogP contribution in [0.1, 0.15) is 17.5 Å². The van der Waals surface area contributed by atoms with Gasteiger partial charge in [-0.3, -0.25) is 0 Å². The molecule has 3 rings (SSSR count). The summed E-state index contributed by atoms with van der Waals surface area (Å²) < 4.78 is 39.1. The second-order valence-electron chi connectivity index (χ2n) is 5.39. The van der Waals surface area contributed by atoms with Crippen LogP contribution in [0.25, 0.3) is 15.8 Å². The first-order chi connectivity index (χ1) is 11.3. The van der Waals surface area contributed by atoms with Gasteiger partial charge in [0.1, 0.15) is 16.6 Å². The smallest absolute Gasteiger partial charge is 0.350 e. The highest BCUT2D eigenvalue weighted by atomic mass is 32.1. The van der Waals surface area contributed by atoms with E-state index in [4.69, 9.17) is 0 Å². The van der Waals surface area contributed by atoms with Crippen LogP contribution in [0.4, 0.5) is 13.2 Å². The number of rotatable bonds is 1. The van der Waals surface area contributed by atoms with E-state index >= 15 is 0 Å². The first-order valence-corrected chi connectivity index (χ1v) is 7.83. The summed E-state index contributed by atoms with van der Waals surface area (Å²) in [7, 11) is 1.81. The van der Waals surface area contributed by atoms with E-state index in [1.54, 1.807) is 11.0 Å². The first-order valence-electron chi connectivity index (χ1n) is 7.01. The number of allylic oxidation sites excluding steroid dienone is 4. The molecule has 1 aliphatic heterocycles. The molecule has 1 aliphatic rings. The van der Waals surface area contributed by atoms with Crippen LogP contribution >= 0.6 is 11.3 Å². The van der Waals surface area contributed by atoms with Crippen LogP contribution in [0.3, 0.4) is 0 Å². The predicted octanol–water partition coefficient (Wildman–Crippen LogP) is 4.96. The third-order valence-electron chi connectivity index (χ3n) is 3.58. The molecule has 3 nitrogen and oxygen atoms in total. The van der Waals surface area contributed by atoms with Gasteiger partial charge in [-0.2, -0.15) is 18.4 Å². The van der Waals surface area contributed by atoms with Crippen LogP contribution < -0.4 is 0 Å². The SMILES string of the molecule is CC1=CN(C)/C(=C(\C#N)c2nc3cc(C(F)(F)F)ccc3s2)C=C1. The second-order valence-corrected chi connectivity index (χ2v) is 6.42. The summed E-state index contributed by atoms with van der Waals surface area (Å²) in [5.74, 6) is 0. The molecule has 0 amide bonds. The Morgan fingerprint density at radius 2 is 2.04 bits per heavy atom. The lowest BCUT2D eigenvalue weighted by molar-refractivity contribution is -0.137. The van der Waals surface area contributed by atoms with Crippen LogP contribution in [-0.2, 0) is 6.18 Å². The summed E-state index contributed by atoms with van der Waals surface area (Å²) in [6.45, 7) is 1.94. The number of likely N-dealkylation sites (N-methyl/N-ethyl adjacent to an activating group) is 1. The van der Waals surface area contributed by atoms with Crippen LogP contribution in [0, 0.1) is 11.3 Å². The fourth-order valence-electron chi connectivity index (χ4n) is 2.43. The minimum Gasteiger partial charge on any atom is -0.350 e. The Morgan fingerprint density at radius 3 is 2.67 bits per heavy atom. The van der Waals surface area contributed by atoms with Crippen LogP contribution in [0.15, 0.2) is 47.8 Å². The third kappa shape index (κ3) is 2.93. The zero-order valence-corrected chi connectivity index (χ0v) is 13.7. The largest absolute Gasteiger partial charge is 0.416 e. The van der Waals surface area contributed by atoms with Gasteiger partial charge in [-0.05, 0) is 36.8 Å². The Kier molecular flexibility index (Phi) is 3.93. The summed E-state index contributed by atoms with van der Waals surface area (Å²) in [5, 5.41) is 9.93. The van der Waals surface area contributed by atoms with E-state index in [0.29, 0.717) is 21.0 Å². The normalized spacial score (nSPS) is 17.0.